The van der Waals surface area contributed by atoms with E-state index >= 15 is 0 Å². The molecule has 2 aromatic rings. The standard InChI is InChI=1S/C20H18BrN3O5/c21-17-4-2-1-3-16(17)19(25)22-18(20(26)23-9-11-29-12-10-23)13-14-5-7-15(8-6-14)24(27)28/h1-8,13H,9-12H2,(H,22,25)/b18-13+. The first-order chi connectivity index (χ1) is 14.0. The molecule has 0 spiro atoms. The van der Waals surface area contributed by atoms with Gasteiger partial charge < -0.3 is 15.0 Å². The minimum absolute atomic E-state index is 0.0551. The van der Waals surface area contributed by atoms with Crippen molar-refractivity contribution in [2.75, 3.05) is 26.3 Å². The number of nitro groups is 1. The van der Waals surface area contributed by atoms with Crippen LogP contribution in [0.25, 0.3) is 6.08 Å². The van der Waals surface area contributed by atoms with Crippen LogP contribution in [-0.2, 0) is 9.53 Å². The highest BCUT2D eigenvalue weighted by atomic mass is 79.9. The summed E-state index contributed by atoms with van der Waals surface area (Å²) in [6, 6.07) is 12.6. The molecule has 0 unspecified atom stereocenters. The molecule has 1 aliphatic heterocycles. The van der Waals surface area contributed by atoms with Gasteiger partial charge in [0.1, 0.15) is 5.70 Å². The van der Waals surface area contributed by atoms with E-state index in [0.29, 0.717) is 41.9 Å². The zero-order valence-corrected chi connectivity index (χ0v) is 16.9. The summed E-state index contributed by atoms with van der Waals surface area (Å²) >= 11 is 3.33. The Balaban J connectivity index is 1.90. The minimum atomic E-state index is -0.498. The number of nitrogens with zero attached hydrogens (tertiary/aromatic N) is 2. The third kappa shape index (κ3) is 5.27. The molecule has 0 saturated carbocycles. The van der Waals surface area contributed by atoms with Crippen LogP contribution in [0, 0.1) is 10.1 Å². The lowest BCUT2D eigenvalue weighted by molar-refractivity contribution is -0.384. The number of nitro benzene ring substituents is 1. The predicted molar refractivity (Wildman–Crippen MR) is 110 cm³/mol. The Morgan fingerprint density at radius 3 is 2.38 bits per heavy atom. The normalized spacial score (nSPS) is 14.4. The van der Waals surface area contributed by atoms with Gasteiger partial charge in [0, 0.05) is 29.7 Å². The monoisotopic (exact) mass is 459 g/mol. The maximum Gasteiger partial charge on any atom is 0.270 e. The van der Waals surface area contributed by atoms with Crippen molar-refractivity contribution >= 4 is 39.5 Å². The number of carbonyl (C=O) groups is 2. The molecule has 9 heteroatoms. The fourth-order valence-corrected chi connectivity index (χ4v) is 3.25. The number of morpholine rings is 1. The van der Waals surface area contributed by atoms with E-state index in [1.165, 1.54) is 30.3 Å². The molecular formula is C20H18BrN3O5. The Morgan fingerprint density at radius 2 is 1.76 bits per heavy atom. The van der Waals surface area contributed by atoms with Gasteiger partial charge in [-0.2, -0.15) is 0 Å². The summed E-state index contributed by atoms with van der Waals surface area (Å²) in [6.07, 6.45) is 1.51. The number of benzene rings is 2. The first kappa shape index (κ1) is 20.7. The van der Waals surface area contributed by atoms with E-state index in [0.717, 1.165) is 0 Å². The maximum atomic E-state index is 13.0. The highest BCUT2D eigenvalue weighted by Gasteiger charge is 2.23. The molecule has 2 aromatic carbocycles. The van der Waals surface area contributed by atoms with Crippen molar-refractivity contribution in [3.63, 3.8) is 0 Å². The second-order valence-electron chi connectivity index (χ2n) is 6.25. The average Bonchev–Trinajstić information content (AvgIpc) is 2.74. The average molecular weight is 460 g/mol. The highest BCUT2D eigenvalue weighted by molar-refractivity contribution is 9.10. The predicted octanol–water partition coefficient (Wildman–Crippen LogP) is 2.99. The Morgan fingerprint density at radius 1 is 1.10 bits per heavy atom. The second kappa shape index (κ2) is 9.44. The van der Waals surface area contributed by atoms with Crippen molar-refractivity contribution in [3.05, 3.63) is 79.9 Å². The van der Waals surface area contributed by atoms with E-state index in [2.05, 4.69) is 21.2 Å². The van der Waals surface area contributed by atoms with E-state index in [9.17, 15) is 19.7 Å². The van der Waals surface area contributed by atoms with Crippen LogP contribution in [-0.4, -0.2) is 47.9 Å². The molecule has 0 atom stereocenters. The van der Waals surface area contributed by atoms with Crippen molar-refractivity contribution in [1.82, 2.24) is 10.2 Å². The van der Waals surface area contributed by atoms with Gasteiger partial charge in [-0.3, -0.25) is 19.7 Å². The van der Waals surface area contributed by atoms with E-state index in [1.807, 2.05) is 0 Å². The molecule has 1 aliphatic rings. The lowest BCUT2D eigenvalue weighted by Crippen LogP contribution is -2.44. The molecule has 0 radical (unpaired) electrons. The van der Waals surface area contributed by atoms with Crippen LogP contribution in [0.1, 0.15) is 15.9 Å². The van der Waals surface area contributed by atoms with E-state index in [4.69, 9.17) is 4.74 Å². The summed E-state index contributed by atoms with van der Waals surface area (Å²) < 4.78 is 5.88. The maximum absolute atomic E-state index is 13.0. The highest BCUT2D eigenvalue weighted by Crippen LogP contribution is 2.18. The third-order valence-electron chi connectivity index (χ3n) is 4.31. The van der Waals surface area contributed by atoms with Crippen molar-refractivity contribution in [2.24, 2.45) is 0 Å². The van der Waals surface area contributed by atoms with E-state index < -0.39 is 10.8 Å². The molecule has 2 amide bonds. The zero-order valence-electron chi connectivity index (χ0n) is 15.3. The van der Waals surface area contributed by atoms with Crippen molar-refractivity contribution in [3.8, 4) is 0 Å². The Hall–Kier alpha value is -3.04. The molecule has 1 heterocycles. The van der Waals surface area contributed by atoms with Gasteiger partial charge in [-0.15, -0.1) is 0 Å². The van der Waals surface area contributed by atoms with Gasteiger partial charge in [-0.05, 0) is 51.8 Å². The quantitative estimate of drug-likeness (QED) is 0.420. The van der Waals surface area contributed by atoms with Gasteiger partial charge in [0.05, 0.1) is 23.7 Å². The number of ether oxygens (including phenoxy) is 1. The topological polar surface area (TPSA) is 102 Å². The summed E-state index contributed by atoms with van der Waals surface area (Å²) in [5.74, 6) is -0.778. The number of halogens is 1. The summed E-state index contributed by atoms with van der Waals surface area (Å²) in [6.45, 7) is 1.69. The summed E-state index contributed by atoms with van der Waals surface area (Å²) in [7, 11) is 0. The fraction of sp³-hybridized carbons (Fsp3) is 0.200. The molecule has 0 aromatic heterocycles. The summed E-state index contributed by atoms with van der Waals surface area (Å²) in [4.78, 5) is 37.7. The summed E-state index contributed by atoms with van der Waals surface area (Å²) in [5.41, 5.74) is 0.971. The Kier molecular flexibility index (Phi) is 6.73. The van der Waals surface area contributed by atoms with Crippen LogP contribution >= 0.6 is 15.9 Å². The lowest BCUT2D eigenvalue weighted by Gasteiger charge is -2.28. The molecule has 1 fully saturated rings. The smallest absolute Gasteiger partial charge is 0.270 e. The van der Waals surface area contributed by atoms with Crippen molar-refractivity contribution in [2.45, 2.75) is 0 Å². The van der Waals surface area contributed by atoms with Gasteiger partial charge in [-0.1, -0.05) is 12.1 Å². The minimum Gasteiger partial charge on any atom is -0.378 e. The molecule has 1 saturated heterocycles. The number of carbonyl (C=O) groups excluding carboxylic acids is 2. The number of rotatable bonds is 5. The van der Waals surface area contributed by atoms with Gasteiger partial charge in [0.25, 0.3) is 17.5 Å². The zero-order chi connectivity index (χ0) is 20.8. The SMILES string of the molecule is O=C(N/C(=C/c1ccc([N+](=O)[O-])cc1)C(=O)N1CCOCC1)c1ccccc1Br. The number of hydrogen-bond acceptors (Lipinski definition) is 5. The second-order valence-corrected chi connectivity index (χ2v) is 7.10. The van der Waals surface area contributed by atoms with Crippen molar-refractivity contribution < 1.29 is 19.2 Å². The molecule has 150 valence electrons. The van der Waals surface area contributed by atoms with Crippen LogP contribution in [0.3, 0.4) is 0 Å². The first-order valence-electron chi connectivity index (χ1n) is 8.85. The number of hydrogen-bond donors (Lipinski definition) is 1. The van der Waals surface area contributed by atoms with E-state index in [1.54, 1.807) is 29.2 Å². The largest absolute Gasteiger partial charge is 0.378 e. The number of amides is 2. The molecule has 29 heavy (non-hydrogen) atoms. The summed E-state index contributed by atoms with van der Waals surface area (Å²) in [5, 5.41) is 13.5. The van der Waals surface area contributed by atoms with Gasteiger partial charge >= 0.3 is 0 Å². The third-order valence-corrected chi connectivity index (χ3v) is 5.00. The van der Waals surface area contributed by atoms with Gasteiger partial charge in [-0.25, -0.2) is 0 Å². The first-order valence-corrected chi connectivity index (χ1v) is 9.64. The molecule has 3 rings (SSSR count). The van der Waals surface area contributed by atoms with Crippen LogP contribution in [0.4, 0.5) is 5.69 Å². The van der Waals surface area contributed by atoms with Crippen LogP contribution in [0.5, 0.6) is 0 Å². The number of non-ortho nitro benzene ring substituents is 1. The van der Waals surface area contributed by atoms with Crippen molar-refractivity contribution in [1.29, 1.82) is 0 Å². The van der Waals surface area contributed by atoms with Crippen LogP contribution in [0.2, 0.25) is 0 Å². The van der Waals surface area contributed by atoms with Gasteiger partial charge in [0.2, 0.25) is 0 Å². The molecular weight excluding hydrogens is 442 g/mol. The molecule has 8 nitrogen and oxygen atoms in total. The van der Waals surface area contributed by atoms with Crippen LogP contribution < -0.4 is 5.32 Å². The molecule has 0 bridgehead atoms. The molecule has 1 N–H and O–H groups in total. The van der Waals surface area contributed by atoms with E-state index in [-0.39, 0.29) is 17.3 Å². The van der Waals surface area contributed by atoms with Gasteiger partial charge in [0.15, 0.2) is 0 Å². The molecule has 0 aliphatic carbocycles. The Labute approximate surface area is 175 Å². The Bertz CT molecular complexity index is 953. The fourth-order valence-electron chi connectivity index (χ4n) is 2.78. The number of nitrogens with one attached hydrogen (secondary N) is 1. The lowest BCUT2D eigenvalue weighted by atomic mass is 10.1. The van der Waals surface area contributed by atoms with Crippen LogP contribution in [0.15, 0.2) is 58.7 Å².